The maximum atomic E-state index is 13.0. The third kappa shape index (κ3) is 4.14. The molecule has 1 fully saturated rings. The Morgan fingerprint density at radius 1 is 0.903 bits per heavy atom. The van der Waals surface area contributed by atoms with Gasteiger partial charge >= 0.3 is 0 Å². The van der Waals surface area contributed by atoms with Crippen molar-refractivity contribution in [2.75, 3.05) is 52.4 Å². The van der Waals surface area contributed by atoms with E-state index in [1.54, 1.807) is 33.5 Å². The molecule has 0 radical (unpaired) electrons. The van der Waals surface area contributed by atoms with Gasteiger partial charge in [-0.25, -0.2) is 0 Å². The summed E-state index contributed by atoms with van der Waals surface area (Å²) in [5.74, 6) is 2.11. The van der Waals surface area contributed by atoms with Crippen molar-refractivity contribution in [3.05, 3.63) is 54.2 Å². The van der Waals surface area contributed by atoms with Gasteiger partial charge in [0.05, 0.1) is 32.7 Å². The first-order valence-corrected chi connectivity index (χ1v) is 10.1. The van der Waals surface area contributed by atoms with Crippen LogP contribution in [-0.4, -0.2) is 68.5 Å². The molecule has 1 aliphatic heterocycles. The predicted octanol–water partition coefficient (Wildman–Crippen LogP) is 3.06. The normalized spacial score (nSPS) is 13.8. The lowest BCUT2D eigenvalue weighted by molar-refractivity contribution is 0.0740. The van der Waals surface area contributed by atoms with E-state index in [2.05, 4.69) is 15.1 Å². The molecular weight excluding hydrogens is 396 g/mol. The van der Waals surface area contributed by atoms with Crippen LogP contribution in [-0.2, 0) is 0 Å². The maximum Gasteiger partial charge on any atom is 0.272 e. The standard InChI is InChI=1S/C23H26N4O4/c1-29-16-8-9-17(22(14-16)31-3)18-15-19(25-24-18)23(28)27-12-10-26(11-13-27)20-6-4-5-7-21(20)30-2/h4-9,14-15H,10-13H2,1-3H3,(H,24,25). The molecule has 0 saturated carbocycles. The summed E-state index contributed by atoms with van der Waals surface area (Å²) in [7, 11) is 4.87. The molecule has 0 bridgehead atoms. The second-order valence-corrected chi connectivity index (χ2v) is 7.18. The van der Waals surface area contributed by atoms with Gasteiger partial charge in [0.15, 0.2) is 0 Å². The number of carbonyl (C=O) groups excluding carboxylic acids is 1. The van der Waals surface area contributed by atoms with E-state index < -0.39 is 0 Å². The van der Waals surface area contributed by atoms with Crippen LogP contribution in [0.1, 0.15) is 10.5 Å². The second-order valence-electron chi connectivity index (χ2n) is 7.18. The third-order valence-electron chi connectivity index (χ3n) is 5.49. The number of aromatic amines is 1. The van der Waals surface area contributed by atoms with Gasteiger partial charge in [0.2, 0.25) is 0 Å². The fourth-order valence-corrected chi connectivity index (χ4v) is 3.79. The first-order chi connectivity index (χ1) is 15.1. The number of carbonyl (C=O) groups is 1. The smallest absolute Gasteiger partial charge is 0.272 e. The Labute approximate surface area is 181 Å². The topological polar surface area (TPSA) is 79.9 Å². The molecule has 31 heavy (non-hydrogen) atoms. The van der Waals surface area contributed by atoms with E-state index >= 15 is 0 Å². The highest BCUT2D eigenvalue weighted by molar-refractivity contribution is 5.93. The molecular formula is C23H26N4O4. The molecule has 0 atom stereocenters. The number of hydrogen-bond donors (Lipinski definition) is 1. The number of methoxy groups -OCH3 is 3. The zero-order valence-electron chi connectivity index (χ0n) is 17.9. The van der Waals surface area contributed by atoms with Crippen LogP contribution in [0.2, 0.25) is 0 Å². The summed E-state index contributed by atoms with van der Waals surface area (Å²) in [4.78, 5) is 17.1. The maximum absolute atomic E-state index is 13.0. The van der Waals surface area contributed by atoms with Crippen molar-refractivity contribution < 1.29 is 19.0 Å². The molecule has 1 aliphatic rings. The molecule has 1 aromatic heterocycles. The van der Waals surface area contributed by atoms with Gasteiger partial charge in [0, 0.05) is 37.8 Å². The van der Waals surface area contributed by atoms with Crippen LogP contribution in [0.5, 0.6) is 17.2 Å². The number of nitrogens with one attached hydrogen (secondary N) is 1. The molecule has 2 aromatic carbocycles. The Balaban J connectivity index is 1.45. The number of nitrogens with zero attached hydrogens (tertiary/aromatic N) is 3. The number of hydrogen-bond acceptors (Lipinski definition) is 6. The number of anilines is 1. The Kier molecular flexibility index (Phi) is 5.97. The molecule has 1 amide bonds. The van der Waals surface area contributed by atoms with Crippen molar-refractivity contribution in [1.82, 2.24) is 15.1 Å². The van der Waals surface area contributed by atoms with Crippen molar-refractivity contribution in [3.8, 4) is 28.5 Å². The van der Waals surface area contributed by atoms with Gasteiger partial charge in [-0.3, -0.25) is 9.89 Å². The highest BCUT2D eigenvalue weighted by Crippen LogP contribution is 2.33. The van der Waals surface area contributed by atoms with E-state index in [9.17, 15) is 4.79 Å². The lowest BCUT2D eigenvalue weighted by Crippen LogP contribution is -2.49. The second kappa shape index (κ2) is 8.99. The van der Waals surface area contributed by atoms with Crippen LogP contribution in [0, 0.1) is 0 Å². The van der Waals surface area contributed by atoms with Crippen molar-refractivity contribution in [3.63, 3.8) is 0 Å². The highest BCUT2D eigenvalue weighted by atomic mass is 16.5. The largest absolute Gasteiger partial charge is 0.497 e. The monoisotopic (exact) mass is 422 g/mol. The van der Waals surface area contributed by atoms with Crippen molar-refractivity contribution in [2.24, 2.45) is 0 Å². The summed E-state index contributed by atoms with van der Waals surface area (Å²) in [6.45, 7) is 2.72. The number of H-pyrrole nitrogens is 1. The zero-order chi connectivity index (χ0) is 21.8. The Hall–Kier alpha value is -3.68. The average molecular weight is 422 g/mol. The minimum Gasteiger partial charge on any atom is -0.497 e. The summed E-state index contributed by atoms with van der Waals surface area (Å²) >= 11 is 0. The number of aromatic nitrogens is 2. The summed E-state index contributed by atoms with van der Waals surface area (Å²) in [5.41, 5.74) is 2.95. The van der Waals surface area contributed by atoms with Gasteiger partial charge in [0.1, 0.15) is 22.9 Å². The van der Waals surface area contributed by atoms with Crippen molar-refractivity contribution in [2.45, 2.75) is 0 Å². The number of ether oxygens (including phenoxy) is 3. The lowest BCUT2D eigenvalue weighted by Gasteiger charge is -2.36. The van der Waals surface area contributed by atoms with Crippen LogP contribution in [0.4, 0.5) is 5.69 Å². The van der Waals surface area contributed by atoms with Gasteiger partial charge in [-0.1, -0.05) is 12.1 Å². The van der Waals surface area contributed by atoms with Crippen LogP contribution in [0.25, 0.3) is 11.3 Å². The van der Waals surface area contributed by atoms with Crippen LogP contribution < -0.4 is 19.1 Å². The minimum atomic E-state index is -0.0640. The Morgan fingerprint density at radius 3 is 2.35 bits per heavy atom. The van der Waals surface area contributed by atoms with Gasteiger partial charge < -0.3 is 24.0 Å². The number of amides is 1. The minimum absolute atomic E-state index is 0.0640. The molecule has 0 unspecified atom stereocenters. The van der Waals surface area contributed by atoms with E-state index in [4.69, 9.17) is 14.2 Å². The number of rotatable bonds is 6. The molecule has 8 heteroatoms. The quantitative estimate of drug-likeness (QED) is 0.658. The summed E-state index contributed by atoms with van der Waals surface area (Å²) in [5, 5.41) is 7.21. The molecule has 0 aliphatic carbocycles. The van der Waals surface area contributed by atoms with Gasteiger partial charge in [0.25, 0.3) is 5.91 Å². The summed E-state index contributed by atoms with van der Waals surface area (Å²) in [6.07, 6.45) is 0. The fourth-order valence-electron chi connectivity index (χ4n) is 3.79. The molecule has 0 spiro atoms. The molecule has 2 heterocycles. The molecule has 1 saturated heterocycles. The molecule has 162 valence electrons. The van der Waals surface area contributed by atoms with Crippen molar-refractivity contribution >= 4 is 11.6 Å². The van der Waals surface area contributed by atoms with Crippen LogP contribution in [0.15, 0.2) is 48.5 Å². The van der Waals surface area contributed by atoms with Gasteiger partial charge in [-0.15, -0.1) is 0 Å². The highest BCUT2D eigenvalue weighted by Gasteiger charge is 2.25. The fraction of sp³-hybridized carbons (Fsp3) is 0.304. The predicted molar refractivity (Wildman–Crippen MR) is 118 cm³/mol. The first-order valence-electron chi connectivity index (χ1n) is 10.1. The van der Waals surface area contributed by atoms with E-state index in [0.717, 1.165) is 30.1 Å². The Morgan fingerprint density at radius 2 is 1.65 bits per heavy atom. The number of benzene rings is 2. The molecule has 1 N–H and O–H groups in total. The third-order valence-corrected chi connectivity index (χ3v) is 5.49. The van der Waals surface area contributed by atoms with E-state index in [1.165, 1.54) is 0 Å². The van der Waals surface area contributed by atoms with Crippen LogP contribution >= 0.6 is 0 Å². The molecule has 4 rings (SSSR count). The Bertz CT molecular complexity index is 1060. The van der Waals surface area contributed by atoms with E-state index in [-0.39, 0.29) is 5.91 Å². The van der Waals surface area contributed by atoms with Crippen molar-refractivity contribution in [1.29, 1.82) is 0 Å². The summed E-state index contributed by atoms with van der Waals surface area (Å²) < 4.78 is 16.2. The summed E-state index contributed by atoms with van der Waals surface area (Å²) in [6, 6.07) is 15.2. The number of para-hydroxylation sites is 2. The zero-order valence-corrected chi connectivity index (χ0v) is 17.9. The lowest BCUT2D eigenvalue weighted by atomic mass is 10.1. The first kappa shape index (κ1) is 20.6. The number of piperazine rings is 1. The van der Waals surface area contributed by atoms with Gasteiger partial charge in [-0.2, -0.15) is 5.10 Å². The molecule has 3 aromatic rings. The van der Waals surface area contributed by atoms with E-state index in [0.29, 0.717) is 36.0 Å². The SMILES string of the molecule is COc1ccc(-c2cc(C(=O)N3CCN(c4ccccc4OC)CC3)[nH]n2)c(OC)c1. The van der Waals surface area contributed by atoms with E-state index in [1.807, 2.05) is 41.3 Å². The average Bonchev–Trinajstić information content (AvgIpc) is 3.33. The van der Waals surface area contributed by atoms with Crippen LogP contribution in [0.3, 0.4) is 0 Å². The molecule has 8 nitrogen and oxygen atoms in total. The van der Waals surface area contributed by atoms with Gasteiger partial charge in [-0.05, 0) is 30.3 Å².